The first-order valence-corrected chi connectivity index (χ1v) is 6.94. The number of carbonyl (C=O) groups is 1. The van der Waals surface area contributed by atoms with Gasteiger partial charge in [0, 0.05) is 22.9 Å². The summed E-state index contributed by atoms with van der Waals surface area (Å²) in [4.78, 5) is 23.4. The quantitative estimate of drug-likeness (QED) is 0.314. The molecule has 0 atom stereocenters. The first kappa shape index (κ1) is 15.4. The molecule has 0 radical (unpaired) electrons. The van der Waals surface area contributed by atoms with E-state index in [1.807, 2.05) is 28.0 Å². The van der Waals surface area contributed by atoms with Crippen LogP contribution in [0.5, 0.6) is 0 Å². The van der Waals surface area contributed by atoms with Crippen molar-refractivity contribution in [1.29, 1.82) is 0 Å². The minimum absolute atomic E-state index is 0.137. The zero-order chi connectivity index (χ0) is 15.6. The SMILES string of the molecule is Cn1cc(C(=O)NN)c(Nc2ccc(I)cc2F)cc1=O. The Morgan fingerprint density at radius 3 is 2.67 bits per heavy atom. The molecule has 0 saturated heterocycles. The van der Waals surface area contributed by atoms with E-state index in [1.54, 1.807) is 6.07 Å². The summed E-state index contributed by atoms with van der Waals surface area (Å²) in [7, 11) is 1.50. The van der Waals surface area contributed by atoms with Gasteiger partial charge in [0.15, 0.2) is 0 Å². The molecule has 0 aliphatic carbocycles. The maximum absolute atomic E-state index is 13.9. The van der Waals surface area contributed by atoms with E-state index in [2.05, 4.69) is 5.32 Å². The van der Waals surface area contributed by atoms with E-state index in [0.29, 0.717) is 0 Å². The second kappa shape index (κ2) is 6.22. The third-order valence-corrected chi connectivity index (χ3v) is 3.48. The number of hydrogen-bond acceptors (Lipinski definition) is 4. The van der Waals surface area contributed by atoms with Crippen molar-refractivity contribution in [1.82, 2.24) is 9.99 Å². The summed E-state index contributed by atoms with van der Waals surface area (Å²) in [6.45, 7) is 0. The highest BCUT2D eigenvalue weighted by Gasteiger charge is 2.14. The van der Waals surface area contributed by atoms with Crippen LogP contribution in [-0.4, -0.2) is 10.5 Å². The predicted octanol–water partition coefficient (Wildman–Crippen LogP) is 1.48. The number of aryl methyl sites for hydroxylation is 1. The van der Waals surface area contributed by atoms with Gasteiger partial charge < -0.3 is 9.88 Å². The Kier molecular flexibility index (Phi) is 4.58. The lowest BCUT2D eigenvalue weighted by atomic mass is 10.2. The average Bonchev–Trinajstić information content (AvgIpc) is 2.44. The average molecular weight is 402 g/mol. The molecule has 21 heavy (non-hydrogen) atoms. The van der Waals surface area contributed by atoms with Gasteiger partial charge in [-0.05, 0) is 40.8 Å². The fourth-order valence-corrected chi connectivity index (χ4v) is 2.18. The maximum atomic E-state index is 13.9. The first-order chi connectivity index (χ1) is 9.92. The van der Waals surface area contributed by atoms with E-state index in [9.17, 15) is 14.0 Å². The molecule has 1 aromatic carbocycles. The van der Waals surface area contributed by atoms with Gasteiger partial charge in [-0.2, -0.15) is 0 Å². The van der Waals surface area contributed by atoms with Crippen LogP contribution in [0.1, 0.15) is 10.4 Å². The second-order valence-electron chi connectivity index (χ2n) is 4.27. The van der Waals surface area contributed by atoms with Crippen molar-refractivity contribution in [2.45, 2.75) is 0 Å². The summed E-state index contributed by atoms with van der Waals surface area (Å²) in [5.74, 6) is 4.05. The summed E-state index contributed by atoms with van der Waals surface area (Å²) in [5, 5.41) is 2.74. The van der Waals surface area contributed by atoms with E-state index in [-0.39, 0.29) is 22.5 Å². The first-order valence-electron chi connectivity index (χ1n) is 5.86. The number of amides is 1. The molecule has 2 aromatic rings. The monoisotopic (exact) mass is 402 g/mol. The van der Waals surface area contributed by atoms with Crippen molar-refractivity contribution in [3.63, 3.8) is 0 Å². The highest BCUT2D eigenvalue weighted by Crippen LogP contribution is 2.23. The van der Waals surface area contributed by atoms with Crippen LogP contribution < -0.4 is 22.1 Å². The van der Waals surface area contributed by atoms with Gasteiger partial charge in [0.25, 0.3) is 11.5 Å². The molecule has 1 heterocycles. The number of nitrogens with one attached hydrogen (secondary N) is 2. The van der Waals surface area contributed by atoms with Crippen LogP contribution in [0, 0.1) is 9.39 Å². The van der Waals surface area contributed by atoms with Crippen molar-refractivity contribution in [3.05, 3.63) is 55.8 Å². The molecule has 1 amide bonds. The standard InChI is InChI=1S/C13H12FIN4O2/c1-19-6-8(13(21)18-16)11(5-12(19)20)17-10-3-2-7(15)4-9(10)14/h2-6,17H,16H2,1H3,(H,18,21). The van der Waals surface area contributed by atoms with Crippen molar-refractivity contribution < 1.29 is 9.18 Å². The Bertz CT molecular complexity index is 760. The number of benzene rings is 1. The summed E-state index contributed by atoms with van der Waals surface area (Å²) in [6.07, 6.45) is 1.33. The van der Waals surface area contributed by atoms with Gasteiger partial charge in [0.05, 0.1) is 16.9 Å². The number of hydrogen-bond donors (Lipinski definition) is 3. The minimum atomic E-state index is -0.584. The summed E-state index contributed by atoms with van der Waals surface area (Å²) in [6, 6.07) is 5.78. The van der Waals surface area contributed by atoms with E-state index in [1.165, 1.54) is 36.0 Å². The van der Waals surface area contributed by atoms with Crippen LogP contribution in [0.3, 0.4) is 0 Å². The Labute approximate surface area is 133 Å². The fraction of sp³-hybridized carbons (Fsp3) is 0.0769. The zero-order valence-electron chi connectivity index (χ0n) is 11.0. The smallest absolute Gasteiger partial charge is 0.268 e. The highest BCUT2D eigenvalue weighted by molar-refractivity contribution is 14.1. The molecule has 0 aliphatic rings. The number of rotatable bonds is 3. The lowest BCUT2D eigenvalue weighted by molar-refractivity contribution is 0.0953. The van der Waals surface area contributed by atoms with Gasteiger partial charge >= 0.3 is 0 Å². The van der Waals surface area contributed by atoms with E-state index in [4.69, 9.17) is 5.84 Å². The molecular weight excluding hydrogens is 390 g/mol. The zero-order valence-corrected chi connectivity index (χ0v) is 13.1. The molecule has 2 rings (SSSR count). The Morgan fingerprint density at radius 1 is 1.33 bits per heavy atom. The van der Waals surface area contributed by atoms with Crippen molar-refractivity contribution in [2.75, 3.05) is 5.32 Å². The number of aromatic nitrogens is 1. The van der Waals surface area contributed by atoms with E-state index in [0.717, 1.165) is 3.57 Å². The third kappa shape index (κ3) is 3.39. The molecule has 0 spiro atoms. The van der Waals surface area contributed by atoms with Gasteiger partial charge in [0.2, 0.25) is 0 Å². The van der Waals surface area contributed by atoms with Crippen molar-refractivity contribution >= 4 is 39.9 Å². The number of pyridine rings is 1. The number of carbonyl (C=O) groups excluding carboxylic acids is 1. The van der Waals surface area contributed by atoms with Crippen LogP contribution in [0.15, 0.2) is 35.3 Å². The van der Waals surface area contributed by atoms with Gasteiger partial charge in [-0.3, -0.25) is 15.0 Å². The largest absolute Gasteiger partial charge is 0.352 e. The summed E-state index contributed by atoms with van der Waals surface area (Å²) in [5.41, 5.74) is 2.13. The number of nitrogen functional groups attached to an aromatic ring is 1. The molecule has 0 fully saturated rings. The highest BCUT2D eigenvalue weighted by atomic mass is 127. The minimum Gasteiger partial charge on any atom is -0.352 e. The molecule has 0 unspecified atom stereocenters. The molecule has 8 heteroatoms. The Balaban J connectivity index is 2.50. The van der Waals surface area contributed by atoms with E-state index >= 15 is 0 Å². The Morgan fingerprint density at radius 2 is 2.05 bits per heavy atom. The lowest BCUT2D eigenvalue weighted by Crippen LogP contribution is -2.32. The molecule has 1 aromatic heterocycles. The molecule has 0 aliphatic heterocycles. The van der Waals surface area contributed by atoms with Crippen LogP contribution >= 0.6 is 22.6 Å². The molecule has 6 nitrogen and oxygen atoms in total. The fourth-order valence-electron chi connectivity index (χ4n) is 1.73. The molecule has 110 valence electrons. The van der Waals surface area contributed by atoms with Crippen LogP contribution in [0.4, 0.5) is 15.8 Å². The molecule has 0 bridgehead atoms. The summed E-state index contributed by atoms with van der Waals surface area (Å²) >= 11 is 1.98. The molecular formula is C13H12FIN4O2. The number of nitrogens with zero attached hydrogens (tertiary/aromatic N) is 1. The Hall–Kier alpha value is -1.94. The van der Waals surface area contributed by atoms with Crippen molar-refractivity contribution in [2.24, 2.45) is 12.9 Å². The van der Waals surface area contributed by atoms with Gasteiger partial charge in [-0.25, -0.2) is 10.2 Å². The number of hydrazine groups is 1. The van der Waals surface area contributed by atoms with Crippen LogP contribution in [0.25, 0.3) is 0 Å². The summed E-state index contributed by atoms with van der Waals surface area (Å²) < 4.78 is 15.8. The van der Waals surface area contributed by atoms with Gasteiger partial charge in [0.1, 0.15) is 5.82 Å². The number of nitrogens with two attached hydrogens (primary N) is 1. The van der Waals surface area contributed by atoms with Crippen LogP contribution in [-0.2, 0) is 7.05 Å². The van der Waals surface area contributed by atoms with Crippen LogP contribution in [0.2, 0.25) is 0 Å². The number of halogens is 2. The molecule has 0 saturated carbocycles. The lowest BCUT2D eigenvalue weighted by Gasteiger charge is -2.13. The normalized spacial score (nSPS) is 10.3. The number of anilines is 2. The third-order valence-electron chi connectivity index (χ3n) is 2.80. The second-order valence-corrected chi connectivity index (χ2v) is 5.52. The topological polar surface area (TPSA) is 89.2 Å². The predicted molar refractivity (Wildman–Crippen MR) is 85.7 cm³/mol. The van der Waals surface area contributed by atoms with E-state index < -0.39 is 11.7 Å². The molecule has 4 N–H and O–H groups in total. The van der Waals surface area contributed by atoms with Crippen molar-refractivity contribution in [3.8, 4) is 0 Å². The van der Waals surface area contributed by atoms with Gasteiger partial charge in [-0.15, -0.1) is 0 Å². The van der Waals surface area contributed by atoms with Gasteiger partial charge in [-0.1, -0.05) is 0 Å². The maximum Gasteiger partial charge on any atom is 0.268 e.